The zero-order valence-corrected chi connectivity index (χ0v) is 18.4. The van der Waals surface area contributed by atoms with Crippen LogP contribution >= 0.6 is 0 Å². The summed E-state index contributed by atoms with van der Waals surface area (Å²) in [5.41, 5.74) is 5.41. The highest BCUT2D eigenvalue weighted by Gasteiger charge is 2.31. The maximum absolute atomic E-state index is 11.2. The van der Waals surface area contributed by atoms with Gasteiger partial charge in [-0.15, -0.1) is 0 Å². The summed E-state index contributed by atoms with van der Waals surface area (Å²) in [6.45, 7) is 16.0. The first-order valence-electron chi connectivity index (χ1n) is 11.2. The van der Waals surface area contributed by atoms with Gasteiger partial charge in [-0.25, -0.2) is 0 Å². The normalized spacial score (nSPS) is 25.4. The van der Waals surface area contributed by atoms with E-state index < -0.39 is 0 Å². The molecule has 2 unspecified atom stereocenters. The zero-order valence-electron chi connectivity index (χ0n) is 18.4. The van der Waals surface area contributed by atoms with Gasteiger partial charge in [-0.1, -0.05) is 6.92 Å². The molecule has 4 N–H and O–H groups in total. The predicted molar refractivity (Wildman–Crippen MR) is 116 cm³/mol. The summed E-state index contributed by atoms with van der Waals surface area (Å²) in [5.74, 6) is 1.53. The second-order valence-electron chi connectivity index (χ2n) is 8.76. The van der Waals surface area contributed by atoms with Crippen LogP contribution in [0.3, 0.4) is 0 Å². The first-order valence-corrected chi connectivity index (χ1v) is 11.2. The number of carbonyl (C=O) groups is 1. The van der Waals surface area contributed by atoms with Crippen molar-refractivity contribution < 1.29 is 4.79 Å². The van der Waals surface area contributed by atoms with E-state index in [2.05, 4.69) is 48.1 Å². The first-order chi connectivity index (χ1) is 13.4. The lowest BCUT2D eigenvalue weighted by atomic mass is 9.96. The lowest BCUT2D eigenvalue weighted by Crippen LogP contribution is -2.46. The molecule has 2 aliphatic heterocycles. The number of likely N-dealkylation sites (tertiary alicyclic amines) is 2. The van der Waals surface area contributed by atoms with Gasteiger partial charge in [0.15, 0.2) is 5.96 Å². The molecule has 7 nitrogen and oxygen atoms in total. The molecule has 7 heteroatoms. The highest BCUT2D eigenvalue weighted by Crippen LogP contribution is 2.19. The molecule has 0 aromatic heterocycles. The van der Waals surface area contributed by atoms with Crippen molar-refractivity contribution >= 4 is 11.9 Å². The highest BCUT2D eigenvalue weighted by molar-refractivity contribution is 5.80. The molecule has 0 aromatic rings. The van der Waals surface area contributed by atoms with Crippen LogP contribution in [0.5, 0.6) is 0 Å². The SMILES string of the molecule is CCNC(=NCCCCN1CCC(C(N)=O)CC1)NC1CN(C(C)C)CC1C. The molecule has 2 aliphatic rings. The minimum atomic E-state index is -0.134. The number of guanidine groups is 1. The summed E-state index contributed by atoms with van der Waals surface area (Å²) in [7, 11) is 0. The van der Waals surface area contributed by atoms with Crippen LogP contribution in [0, 0.1) is 11.8 Å². The van der Waals surface area contributed by atoms with Gasteiger partial charge in [-0.05, 0) is 72.0 Å². The molecule has 0 saturated carbocycles. The molecular weight excluding hydrogens is 352 g/mol. The van der Waals surface area contributed by atoms with E-state index in [0.717, 1.165) is 77.5 Å². The van der Waals surface area contributed by atoms with Gasteiger partial charge in [0.25, 0.3) is 0 Å². The Hall–Kier alpha value is -1.34. The molecule has 2 saturated heterocycles. The molecule has 0 bridgehead atoms. The third-order valence-corrected chi connectivity index (χ3v) is 6.18. The Morgan fingerprint density at radius 3 is 2.50 bits per heavy atom. The van der Waals surface area contributed by atoms with Gasteiger partial charge in [0.05, 0.1) is 0 Å². The van der Waals surface area contributed by atoms with E-state index in [1.807, 2.05) is 0 Å². The molecule has 0 spiro atoms. The Kier molecular flexibility index (Phi) is 9.51. The van der Waals surface area contributed by atoms with E-state index in [1.54, 1.807) is 0 Å². The van der Waals surface area contributed by atoms with Gasteiger partial charge >= 0.3 is 0 Å². The van der Waals surface area contributed by atoms with E-state index >= 15 is 0 Å². The van der Waals surface area contributed by atoms with Crippen molar-refractivity contribution in [2.75, 3.05) is 45.8 Å². The number of nitrogens with zero attached hydrogens (tertiary/aromatic N) is 3. The van der Waals surface area contributed by atoms with Crippen molar-refractivity contribution in [3.8, 4) is 0 Å². The lowest BCUT2D eigenvalue weighted by Gasteiger charge is -2.30. The summed E-state index contributed by atoms with van der Waals surface area (Å²) < 4.78 is 0. The van der Waals surface area contributed by atoms with Crippen molar-refractivity contribution in [2.45, 2.75) is 65.5 Å². The number of hydrogen-bond donors (Lipinski definition) is 3. The number of unbranched alkanes of at least 4 members (excludes halogenated alkanes) is 1. The maximum Gasteiger partial charge on any atom is 0.220 e. The number of nitrogens with two attached hydrogens (primary N) is 1. The molecule has 2 fully saturated rings. The molecule has 28 heavy (non-hydrogen) atoms. The van der Waals surface area contributed by atoms with Gasteiger partial charge < -0.3 is 21.3 Å². The highest BCUT2D eigenvalue weighted by atomic mass is 16.1. The quantitative estimate of drug-likeness (QED) is 0.311. The lowest BCUT2D eigenvalue weighted by molar-refractivity contribution is -0.123. The van der Waals surface area contributed by atoms with Gasteiger partial charge in [-0.2, -0.15) is 0 Å². The van der Waals surface area contributed by atoms with Crippen LogP contribution in [0.15, 0.2) is 4.99 Å². The molecule has 1 amide bonds. The largest absolute Gasteiger partial charge is 0.369 e. The average molecular weight is 395 g/mol. The third kappa shape index (κ3) is 7.24. The van der Waals surface area contributed by atoms with Crippen LogP contribution in [0.2, 0.25) is 0 Å². The number of nitrogens with one attached hydrogen (secondary N) is 2. The van der Waals surface area contributed by atoms with Crippen molar-refractivity contribution in [1.29, 1.82) is 0 Å². The van der Waals surface area contributed by atoms with Crippen molar-refractivity contribution in [3.05, 3.63) is 0 Å². The van der Waals surface area contributed by atoms with E-state index in [9.17, 15) is 4.79 Å². The minimum absolute atomic E-state index is 0.0826. The Morgan fingerprint density at radius 2 is 1.93 bits per heavy atom. The second-order valence-corrected chi connectivity index (χ2v) is 8.76. The van der Waals surface area contributed by atoms with E-state index in [4.69, 9.17) is 10.7 Å². The monoisotopic (exact) mass is 394 g/mol. The van der Waals surface area contributed by atoms with Gasteiger partial charge in [0, 0.05) is 44.2 Å². The van der Waals surface area contributed by atoms with Crippen molar-refractivity contribution in [2.24, 2.45) is 22.6 Å². The second kappa shape index (κ2) is 11.6. The smallest absolute Gasteiger partial charge is 0.220 e. The molecule has 0 aromatic carbocycles. The molecule has 2 atom stereocenters. The summed E-state index contributed by atoms with van der Waals surface area (Å²) in [6.07, 6.45) is 4.06. The summed E-state index contributed by atoms with van der Waals surface area (Å²) in [5, 5.41) is 7.05. The fourth-order valence-corrected chi connectivity index (χ4v) is 4.19. The molecular formula is C21H42N6O. The molecule has 162 valence electrons. The Balaban J connectivity index is 1.68. The molecule has 2 heterocycles. The summed E-state index contributed by atoms with van der Waals surface area (Å²) >= 11 is 0. The Morgan fingerprint density at radius 1 is 1.21 bits per heavy atom. The number of aliphatic imine (C=N–C) groups is 1. The van der Waals surface area contributed by atoms with Crippen LogP contribution < -0.4 is 16.4 Å². The van der Waals surface area contributed by atoms with E-state index in [1.165, 1.54) is 0 Å². The Labute approximate surface area is 171 Å². The standard InChI is InChI=1S/C21H42N6O/c1-5-23-21(25-19-15-27(16(2)3)14-17(19)4)24-10-6-7-11-26-12-8-18(9-13-26)20(22)28/h16-19H,5-15H2,1-4H3,(H2,22,28)(H2,23,24,25). The number of carbonyl (C=O) groups excluding carboxylic acids is 1. The number of amides is 1. The van der Waals surface area contributed by atoms with Gasteiger partial charge in [-0.3, -0.25) is 14.7 Å². The molecule has 0 aliphatic carbocycles. The minimum Gasteiger partial charge on any atom is -0.369 e. The topological polar surface area (TPSA) is 86.0 Å². The number of primary amides is 1. The van der Waals surface area contributed by atoms with Gasteiger partial charge in [0.1, 0.15) is 0 Å². The fourth-order valence-electron chi connectivity index (χ4n) is 4.19. The fraction of sp³-hybridized carbons (Fsp3) is 0.905. The van der Waals surface area contributed by atoms with Crippen LogP contribution in [-0.2, 0) is 4.79 Å². The maximum atomic E-state index is 11.2. The molecule has 2 rings (SSSR count). The van der Waals surface area contributed by atoms with Crippen molar-refractivity contribution in [1.82, 2.24) is 20.4 Å². The number of piperidine rings is 1. The summed E-state index contributed by atoms with van der Waals surface area (Å²) in [6, 6.07) is 1.06. The van der Waals surface area contributed by atoms with Crippen LogP contribution in [0.4, 0.5) is 0 Å². The third-order valence-electron chi connectivity index (χ3n) is 6.18. The van der Waals surface area contributed by atoms with Crippen LogP contribution in [-0.4, -0.2) is 79.6 Å². The average Bonchev–Trinajstić information content (AvgIpc) is 3.03. The molecule has 0 radical (unpaired) electrons. The zero-order chi connectivity index (χ0) is 20.5. The summed E-state index contributed by atoms with van der Waals surface area (Å²) in [4.78, 5) is 21.0. The predicted octanol–water partition coefficient (Wildman–Crippen LogP) is 1.25. The van der Waals surface area contributed by atoms with Crippen molar-refractivity contribution in [3.63, 3.8) is 0 Å². The Bertz CT molecular complexity index is 501. The van der Waals surface area contributed by atoms with Gasteiger partial charge in [0.2, 0.25) is 5.91 Å². The number of rotatable bonds is 9. The van der Waals surface area contributed by atoms with E-state index in [0.29, 0.717) is 18.0 Å². The van der Waals surface area contributed by atoms with Crippen LogP contribution in [0.25, 0.3) is 0 Å². The number of hydrogen-bond acceptors (Lipinski definition) is 4. The van der Waals surface area contributed by atoms with Crippen LogP contribution in [0.1, 0.15) is 53.4 Å². The first kappa shape index (κ1) is 22.9. The van der Waals surface area contributed by atoms with E-state index in [-0.39, 0.29) is 11.8 Å².